The van der Waals surface area contributed by atoms with Crippen molar-refractivity contribution in [3.63, 3.8) is 0 Å². The fourth-order valence-corrected chi connectivity index (χ4v) is 2.79. The largest absolute Gasteiger partial charge is 0.330 e. The molecule has 0 aliphatic heterocycles. The third-order valence-corrected chi connectivity index (χ3v) is 4.16. The second-order valence-corrected chi connectivity index (χ2v) is 6.37. The van der Waals surface area contributed by atoms with E-state index in [-0.39, 0.29) is 5.41 Å². The van der Waals surface area contributed by atoms with E-state index in [0.29, 0.717) is 6.54 Å². The molecule has 0 aromatic heterocycles. The Labute approximate surface area is 132 Å². The van der Waals surface area contributed by atoms with E-state index >= 15 is 0 Å². The van der Waals surface area contributed by atoms with Crippen LogP contribution in [-0.4, -0.2) is 25.0 Å². The van der Waals surface area contributed by atoms with Crippen LogP contribution in [0.2, 0.25) is 5.02 Å². The third-order valence-electron chi connectivity index (χ3n) is 3.91. The van der Waals surface area contributed by atoms with E-state index in [4.69, 9.17) is 17.3 Å². The van der Waals surface area contributed by atoms with Crippen LogP contribution in [0.4, 0.5) is 0 Å². The van der Waals surface area contributed by atoms with E-state index in [0.717, 1.165) is 18.1 Å². The molecule has 2 rings (SSSR count). The van der Waals surface area contributed by atoms with Crippen LogP contribution >= 0.6 is 11.6 Å². The molecule has 0 aliphatic carbocycles. The lowest BCUT2D eigenvalue weighted by molar-refractivity contribution is 0.252. The molecule has 1 atom stereocenters. The maximum atomic E-state index is 6.06. The van der Waals surface area contributed by atoms with Crippen molar-refractivity contribution in [3.8, 4) is 0 Å². The minimum atomic E-state index is -0.0393. The first kappa shape index (κ1) is 16.0. The lowest BCUT2D eigenvalue weighted by Gasteiger charge is -2.33. The van der Waals surface area contributed by atoms with E-state index in [9.17, 15) is 0 Å². The lowest BCUT2D eigenvalue weighted by Crippen LogP contribution is -2.42. The number of benzene rings is 2. The van der Waals surface area contributed by atoms with Gasteiger partial charge in [-0.05, 0) is 30.3 Å². The maximum absolute atomic E-state index is 6.06. The topological polar surface area (TPSA) is 29.3 Å². The minimum absolute atomic E-state index is 0.0393. The highest BCUT2D eigenvalue weighted by atomic mass is 35.5. The van der Waals surface area contributed by atoms with Crippen LogP contribution < -0.4 is 5.73 Å². The van der Waals surface area contributed by atoms with Gasteiger partial charge in [0.05, 0.1) is 0 Å². The molecule has 0 fully saturated rings. The van der Waals surface area contributed by atoms with Gasteiger partial charge < -0.3 is 10.6 Å². The number of hydrogen-bond donors (Lipinski definition) is 1. The summed E-state index contributed by atoms with van der Waals surface area (Å²) in [7, 11) is 2.13. The Hall–Kier alpha value is -1.35. The number of rotatable bonds is 6. The molecule has 2 nitrogen and oxygen atoms in total. The van der Waals surface area contributed by atoms with Crippen LogP contribution in [0.5, 0.6) is 0 Å². The zero-order chi connectivity index (χ0) is 15.3. The second-order valence-electron chi connectivity index (χ2n) is 5.93. The maximum Gasteiger partial charge on any atom is 0.0406 e. The molecule has 0 aliphatic rings. The zero-order valence-corrected chi connectivity index (χ0v) is 13.5. The van der Waals surface area contributed by atoms with Crippen molar-refractivity contribution in [1.82, 2.24) is 4.90 Å². The predicted molar refractivity (Wildman–Crippen MR) is 90.6 cm³/mol. The monoisotopic (exact) mass is 302 g/mol. The Bertz CT molecular complexity index is 553. The van der Waals surface area contributed by atoms with Crippen molar-refractivity contribution >= 4 is 11.6 Å². The van der Waals surface area contributed by atoms with Crippen LogP contribution in [0.15, 0.2) is 54.6 Å². The summed E-state index contributed by atoms with van der Waals surface area (Å²) in [6.45, 7) is 4.65. The number of halogens is 1. The Balaban J connectivity index is 2.06. The van der Waals surface area contributed by atoms with E-state index in [1.54, 1.807) is 0 Å². The van der Waals surface area contributed by atoms with Gasteiger partial charge in [-0.3, -0.25) is 0 Å². The van der Waals surface area contributed by atoms with Gasteiger partial charge in [-0.1, -0.05) is 61.0 Å². The highest BCUT2D eigenvalue weighted by Crippen LogP contribution is 2.24. The van der Waals surface area contributed by atoms with Crippen molar-refractivity contribution in [2.75, 3.05) is 20.1 Å². The fraction of sp³-hybridized carbons (Fsp3) is 0.333. The van der Waals surface area contributed by atoms with E-state index in [1.807, 2.05) is 18.2 Å². The van der Waals surface area contributed by atoms with Gasteiger partial charge in [0.1, 0.15) is 0 Å². The summed E-state index contributed by atoms with van der Waals surface area (Å²) in [5, 5.41) is 0.775. The summed E-state index contributed by atoms with van der Waals surface area (Å²) in [4.78, 5) is 2.31. The Morgan fingerprint density at radius 2 is 1.67 bits per heavy atom. The summed E-state index contributed by atoms with van der Waals surface area (Å²) in [6, 6.07) is 18.5. The number of nitrogens with two attached hydrogens (primary N) is 1. The molecular formula is C18H23ClN2. The Morgan fingerprint density at radius 3 is 2.24 bits per heavy atom. The third kappa shape index (κ3) is 4.31. The standard InChI is InChI=1S/C18H23ClN2/c1-18(13-20,16-6-4-3-5-7-16)14-21(2)12-15-8-10-17(19)11-9-15/h3-11H,12-14,20H2,1-2H3. The van der Waals surface area contributed by atoms with Crippen LogP contribution in [0.25, 0.3) is 0 Å². The second kappa shape index (κ2) is 7.08. The smallest absolute Gasteiger partial charge is 0.0406 e. The lowest BCUT2D eigenvalue weighted by atomic mass is 9.82. The molecule has 112 valence electrons. The Kier molecular flexibility index (Phi) is 5.40. The molecule has 2 aromatic carbocycles. The first-order valence-corrected chi connectivity index (χ1v) is 7.60. The molecule has 0 saturated carbocycles. The average molecular weight is 303 g/mol. The SMILES string of the molecule is CN(Cc1ccc(Cl)cc1)CC(C)(CN)c1ccccc1. The molecule has 1 unspecified atom stereocenters. The summed E-state index contributed by atoms with van der Waals surface area (Å²) >= 11 is 5.93. The molecule has 0 bridgehead atoms. The van der Waals surface area contributed by atoms with Crippen LogP contribution in [-0.2, 0) is 12.0 Å². The van der Waals surface area contributed by atoms with Crippen LogP contribution in [0.1, 0.15) is 18.1 Å². The normalized spacial score (nSPS) is 14.1. The van der Waals surface area contributed by atoms with Crippen molar-refractivity contribution in [2.45, 2.75) is 18.9 Å². The van der Waals surface area contributed by atoms with Crippen LogP contribution in [0, 0.1) is 0 Å². The summed E-state index contributed by atoms with van der Waals surface area (Å²) < 4.78 is 0. The molecule has 0 amide bonds. The van der Waals surface area contributed by atoms with Crippen LogP contribution in [0.3, 0.4) is 0 Å². The van der Waals surface area contributed by atoms with Crippen molar-refractivity contribution in [2.24, 2.45) is 5.73 Å². The van der Waals surface area contributed by atoms with Crippen molar-refractivity contribution in [1.29, 1.82) is 0 Å². The molecule has 0 saturated heterocycles. The molecule has 0 radical (unpaired) electrons. The first-order chi connectivity index (χ1) is 10.0. The molecular weight excluding hydrogens is 280 g/mol. The quantitative estimate of drug-likeness (QED) is 0.882. The van der Waals surface area contributed by atoms with Gasteiger partial charge in [0.25, 0.3) is 0 Å². The van der Waals surface area contributed by atoms with Crippen molar-refractivity contribution < 1.29 is 0 Å². The van der Waals surface area contributed by atoms with Gasteiger partial charge in [-0.25, -0.2) is 0 Å². The van der Waals surface area contributed by atoms with Gasteiger partial charge >= 0.3 is 0 Å². The van der Waals surface area contributed by atoms with E-state index in [1.165, 1.54) is 11.1 Å². The number of hydrogen-bond acceptors (Lipinski definition) is 2. The molecule has 2 aromatic rings. The number of likely N-dealkylation sites (N-methyl/N-ethyl adjacent to an activating group) is 1. The summed E-state index contributed by atoms with van der Waals surface area (Å²) in [6.07, 6.45) is 0. The van der Waals surface area contributed by atoms with Gasteiger partial charge in [0.15, 0.2) is 0 Å². The highest BCUT2D eigenvalue weighted by Gasteiger charge is 2.26. The fourth-order valence-electron chi connectivity index (χ4n) is 2.67. The van der Waals surface area contributed by atoms with Gasteiger partial charge in [-0.2, -0.15) is 0 Å². The van der Waals surface area contributed by atoms with Gasteiger partial charge in [-0.15, -0.1) is 0 Å². The van der Waals surface area contributed by atoms with Crippen molar-refractivity contribution in [3.05, 3.63) is 70.7 Å². The summed E-state index contributed by atoms with van der Waals surface area (Å²) in [5.41, 5.74) is 8.56. The van der Waals surface area contributed by atoms with Gasteiger partial charge in [0.2, 0.25) is 0 Å². The van der Waals surface area contributed by atoms with E-state index in [2.05, 4.69) is 55.3 Å². The van der Waals surface area contributed by atoms with E-state index < -0.39 is 0 Å². The molecule has 3 heteroatoms. The Morgan fingerprint density at radius 1 is 1.05 bits per heavy atom. The average Bonchev–Trinajstić information content (AvgIpc) is 2.50. The summed E-state index contributed by atoms with van der Waals surface area (Å²) in [5.74, 6) is 0. The molecule has 21 heavy (non-hydrogen) atoms. The molecule has 2 N–H and O–H groups in total. The highest BCUT2D eigenvalue weighted by molar-refractivity contribution is 6.30. The zero-order valence-electron chi connectivity index (χ0n) is 12.7. The first-order valence-electron chi connectivity index (χ1n) is 7.22. The predicted octanol–water partition coefficient (Wildman–Crippen LogP) is 3.69. The minimum Gasteiger partial charge on any atom is -0.330 e. The number of nitrogens with zero attached hydrogens (tertiary/aromatic N) is 1. The molecule has 0 spiro atoms. The molecule has 0 heterocycles. The van der Waals surface area contributed by atoms with Gasteiger partial charge in [0, 0.05) is 30.1 Å².